The molecule has 1 atom stereocenters. The molecule has 0 aromatic heterocycles. The van der Waals surface area contributed by atoms with E-state index < -0.39 is 17.7 Å². The number of rotatable bonds is 1. The summed E-state index contributed by atoms with van der Waals surface area (Å²) < 4.78 is 20.7. The highest BCUT2D eigenvalue weighted by Gasteiger charge is 2.35. The summed E-state index contributed by atoms with van der Waals surface area (Å²) in [5, 5.41) is 0. The lowest BCUT2D eigenvalue weighted by Gasteiger charge is -2.23. The molecule has 0 amide bonds. The molecule has 88 valence electrons. The molecule has 1 heterocycles. The third-order valence-electron chi connectivity index (χ3n) is 2.81. The van der Waals surface area contributed by atoms with E-state index in [0.29, 0.717) is 11.3 Å². The van der Waals surface area contributed by atoms with Gasteiger partial charge in [0.05, 0.1) is 8.30 Å². The van der Waals surface area contributed by atoms with Crippen molar-refractivity contribution in [2.45, 2.75) is 6.10 Å². The maximum absolute atomic E-state index is 12.1. The zero-order valence-electron chi connectivity index (χ0n) is 11.3. The zero-order chi connectivity index (χ0) is 14.3. The third-order valence-corrected chi connectivity index (χ3v) is 2.81. The molecule has 3 rings (SSSR count). The molecule has 0 N–H and O–H groups in total. The first-order chi connectivity index (χ1) is 9.56. The molecule has 3 heteroatoms. The average Bonchev–Trinajstić information content (AvgIpc) is 2.42. The number of para-hydroxylation sites is 1. The van der Waals surface area contributed by atoms with E-state index in [-0.39, 0.29) is 17.6 Å². The minimum atomic E-state index is -1.08. The van der Waals surface area contributed by atoms with Crippen molar-refractivity contribution in [1.29, 1.82) is 0 Å². The number of fused-ring (bicyclic) bond motifs is 1. The number of ketones is 2. The molecule has 2 aromatic rings. The first-order valence-electron chi connectivity index (χ1n) is 6.48. The molecule has 2 aromatic carbocycles. The predicted octanol–water partition coefficient (Wildman–Crippen LogP) is 2.57. The molecule has 18 heavy (non-hydrogen) atoms. The lowest BCUT2D eigenvalue weighted by atomic mass is 9.95. The first-order valence-corrected chi connectivity index (χ1v) is 5.48. The summed E-state index contributed by atoms with van der Waals surface area (Å²) in [6.45, 7) is 0. The van der Waals surface area contributed by atoms with Gasteiger partial charge in [-0.05, 0) is 12.1 Å². The highest BCUT2D eigenvalue weighted by molar-refractivity contribution is 6.46. The lowest BCUT2D eigenvalue weighted by molar-refractivity contribution is -0.122. The van der Waals surface area contributed by atoms with Crippen LogP contribution < -0.4 is 4.74 Å². The first kappa shape index (κ1) is 8.64. The fourth-order valence-corrected chi connectivity index (χ4v) is 1.93. The molecule has 0 spiro atoms. The quantitative estimate of drug-likeness (QED) is 0.719. The van der Waals surface area contributed by atoms with Gasteiger partial charge in [-0.15, -0.1) is 0 Å². The summed E-state index contributed by atoms with van der Waals surface area (Å²) in [7, 11) is 0. The van der Waals surface area contributed by atoms with Crippen LogP contribution in [0.5, 0.6) is 5.75 Å². The van der Waals surface area contributed by atoms with E-state index in [2.05, 4.69) is 0 Å². The van der Waals surface area contributed by atoms with Gasteiger partial charge in [0.25, 0.3) is 0 Å². The Labute approximate surface area is 107 Å². The van der Waals surface area contributed by atoms with E-state index in [1.807, 2.05) is 0 Å². The SMILES string of the molecule is [2H]c1cc([2H])cc(C2Oc3ccccc3C(=O)C2=O)c1. The summed E-state index contributed by atoms with van der Waals surface area (Å²) in [5.41, 5.74) is 0.609. The predicted molar refractivity (Wildman–Crippen MR) is 65.6 cm³/mol. The van der Waals surface area contributed by atoms with Crippen LogP contribution in [0.1, 0.15) is 24.8 Å². The van der Waals surface area contributed by atoms with Crippen molar-refractivity contribution in [3.63, 3.8) is 0 Å². The minimum absolute atomic E-state index is 0.107. The van der Waals surface area contributed by atoms with Gasteiger partial charge in [0, 0.05) is 5.56 Å². The fourth-order valence-electron chi connectivity index (χ4n) is 1.93. The Bertz CT molecular complexity index is 705. The minimum Gasteiger partial charge on any atom is -0.477 e. The standard InChI is InChI=1S/C15H10O3/c16-13-11-8-4-5-9-12(11)18-15(14(13)17)10-6-2-1-3-7-10/h1-9,15H/i2D,3D. The summed E-state index contributed by atoms with van der Waals surface area (Å²) in [5.74, 6) is -0.920. The van der Waals surface area contributed by atoms with Crippen LogP contribution in [0.4, 0.5) is 0 Å². The molecule has 0 radical (unpaired) electrons. The van der Waals surface area contributed by atoms with Crippen LogP contribution in [0, 0.1) is 0 Å². The molecule has 0 bridgehead atoms. The van der Waals surface area contributed by atoms with Gasteiger partial charge < -0.3 is 4.74 Å². The number of ether oxygens (including phenoxy) is 1. The van der Waals surface area contributed by atoms with E-state index in [4.69, 9.17) is 7.48 Å². The van der Waals surface area contributed by atoms with Crippen LogP contribution in [0.25, 0.3) is 0 Å². The Balaban J connectivity index is 2.08. The second-order valence-corrected chi connectivity index (χ2v) is 3.95. The molecular formula is C15H10O3. The van der Waals surface area contributed by atoms with E-state index in [1.54, 1.807) is 24.3 Å². The highest BCUT2D eigenvalue weighted by Crippen LogP contribution is 2.32. The Kier molecular flexibility index (Phi) is 1.97. The third kappa shape index (κ3) is 1.61. The van der Waals surface area contributed by atoms with Crippen molar-refractivity contribution in [3.05, 3.63) is 65.7 Å². The van der Waals surface area contributed by atoms with Gasteiger partial charge >= 0.3 is 0 Å². The van der Waals surface area contributed by atoms with E-state index in [0.717, 1.165) is 0 Å². The Morgan fingerprint density at radius 1 is 1.00 bits per heavy atom. The number of hydrogen-bond donors (Lipinski definition) is 0. The number of carbonyl (C=O) groups excluding carboxylic acids is 2. The topological polar surface area (TPSA) is 43.4 Å². The van der Waals surface area contributed by atoms with Gasteiger partial charge in [-0.3, -0.25) is 9.59 Å². The number of carbonyl (C=O) groups is 2. The summed E-state index contributed by atoms with van der Waals surface area (Å²) >= 11 is 0. The molecule has 0 saturated heterocycles. The van der Waals surface area contributed by atoms with Crippen LogP contribution in [-0.2, 0) is 4.79 Å². The van der Waals surface area contributed by atoms with Crippen LogP contribution >= 0.6 is 0 Å². The zero-order valence-corrected chi connectivity index (χ0v) is 9.34. The molecule has 1 aliphatic rings. The molecule has 1 aliphatic heterocycles. The second-order valence-electron chi connectivity index (χ2n) is 3.95. The maximum Gasteiger partial charge on any atom is 0.248 e. The van der Waals surface area contributed by atoms with E-state index >= 15 is 0 Å². The molecule has 3 nitrogen and oxygen atoms in total. The van der Waals surface area contributed by atoms with Gasteiger partial charge in [0.1, 0.15) is 5.75 Å². The van der Waals surface area contributed by atoms with Crippen molar-refractivity contribution < 1.29 is 17.1 Å². The van der Waals surface area contributed by atoms with Crippen molar-refractivity contribution in [1.82, 2.24) is 0 Å². The number of hydrogen-bond acceptors (Lipinski definition) is 3. The fraction of sp³-hybridized carbons (Fsp3) is 0.0667. The van der Waals surface area contributed by atoms with Gasteiger partial charge in [0.15, 0.2) is 6.10 Å². The van der Waals surface area contributed by atoms with E-state index in [1.165, 1.54) is 18.2 Å². The monoisotopic (exact) mass is 240 g/mol. The van der Waals surface area contributed by atoms with Crippen molar-refractivity contribution >= 4 is 11.6 Å². The second kappa shape index (κ2) is 4.11. The normalized spacial score (nSPS) is 19.7. The van der Waals surface area contributed by atoms with Gasteiger partial charge in [-0.1, -0.05) is 42.4 Å². The van der Waals surface area contributed by atoms with E-state index in [9.17, 15) is 9.59 Å². The maximum atomic E-state index is 12.1. The van der Waals surface area contributed by atoms with Crippen LogP contribution in [-0.4, -0.2) is 11.6 Å². The Hall–Kier alpha value is -2.42. The molecule has 1 unspecified atom stereocenters. The number of Topliss-reactive ketones (excluding diaryl/α,β-unsaturated/α-hetero) is 2. The van der Waals surface area contributed by atoms with Crippen molar-refractivity contribution in [2.75, 3.05) is 0 Å². The van der Waals surface area contributed by atoms with Crippen molar-refractivity contribution in [2.24, 2.45) is 0 Å². The van der Waals surface area contributed by atoms with Crippen molar-refractivity contribution in [3.8, 4) is 5.75 Å². The lowest BCUT2D eigenvalue weighted by Crippen LogP contribution is -2.31. The average molecular weight is 240 g/mol. The summed E-state index contributed by atoms with van der Waals surface area (Å²) in [4.78, 5) is 24.2. The highest BCUT2D eigenvalue weighted by atomic mass is 16.5. The molecule has 0 aliphatic carbocycles. The van der Waals surface area contributed by atoms with Crippen LogP contribution in [0.2, 0.25) is 0 Å². The van der Waals surface area contributed by atoms with Gasteiger partial charge in [0.2, 0.25) is 11.6 Å². The van der Waals surface area contributed by atoms with Gasteiger partial charge in [-0.2, -0.15) is 0 Å². The largest absolute Gasteiger partial charge is 0.477 e. The van der Waals surface area contributed by atoms with Gasteiger partial charge in [-0.25, -0.2) is 0 Å². The molecule has 0 fully saturated rings. The Morgan fingerprint density at radius 3 is 2.50 bits per heavy atom. The smallest absolute Gasteiger partial charge is 0.248 e. The van der Waals surface area contributed by atoms with Crippen LogP contribution in [0.15, 0.2) is 54.5 Å². The molecular weight excluding hydrogens is 228 g/mol. The summed E-state index contributed by atoms with van der Waals surface area (Å²) in [6.07, 6.45) is -1.08. The van der Waals surface area contributed by atoms with Crippen LogP contribution in [0.3, 0.4) is 0 Å². The number of benzene rings is 2. The molecule has 0 saturated carbocycles. The Morgan fingerprint density at radius 2 is 1.72 bits per heavy atom. The summed E-state index contributed by atoms with van der Waals surface area (Å²) in [6, 6.07) is 11.0.